The minimum atomic E-state index is -0.142. The summed E-state index contributed by atoms with van der Waals surface area (Å²) < 4.78 is 5.40. The molecule has 0 aliphatic carbocycles. The van der Waals surface area contributed by atoms with Crippen molar-refractivity contribution in [2.24, 2.45) is 0 Å². The molecule has 1 fully saturated rings. The fourth-order valence-electron chi connectivity index (χ4n) is 2.85. The SMILES string of the molecule is O=C(NCCCSc1ccccc1)NCc1cccnc1N1CCOCC1. The average molecular weight is 387 g/mol. The maximum atomic E-state index is 12.1. The minimum Gasteiger partial charge on any atom is -0.378 e. The Bertz CT molecular complexity index is 708. The molecule has 27 heavy (non-hydrogen) atoms. The number of morpholine rings is 1. The van der Waals surface area contributed by atoms with Gasteiger partial charge in [0.1, 0.15) is 5.82 Å². The predicted octanol–water partition coefficient (Wildman–Crippen LogP) is 2.90. The number of carbonyl (C=O) groups excluding carboxylic acids is 1. The summed E-state index contributed by atoms with van der Waals surface area (Å²) in [7, 11) is 0. The Morgan fingerprint density at radius 2 is 1.93 bits per heavy atom. The number of urea groups is 1. The van der Waals surface area contributed by atoms with E-state index in [2.05, 4.69) is 32.7 Å². The molecular formula is C20H26N4O2S. The number of nitrogens with zero attached hydrogens (tertiary/aromatic N) is 2. The molecule has 1 aromatic heterocycles. The predicted molar refractivity (Wildman–Crippen MR) is 109 cm³/mol. The van der Waals surface area contributed by atoms with Crippen molar-refractivity contribution >= 4 is 23.6 Å². The van der Waals surface area contributed by atoms with Gasteiger partial charge in [0.2, 0.25) is 0 Å². The molecule has 7 heteroatoms. The van der Waals surface area contributed by atoms with E-state index >= 15 is 0 Å². The third-order valence-corrected chi connectivity index (χ3v) is 5.33. The zero-order valence-corrected chi connectivity index (χ0v) is 16.2. The highest BCUT2D eigenvalue weighted by atomic mass is 32.2. The Balaban J connectivity index is 1.36. The summed E-state index contributed by atoms with van der Waals surface area (Å²) in [6.07, 6.45) is 2.72. The van der Waals surface area contributed by atoms with Gasteiger partial charge in [0.15, 0.2) is 0 Å². The summed E-state index contributed by atoms with van der Waals surface area (Å²) in [6.45, 7) is 4.21. The first-order chi connectivity index (χ1) is 13.3. The van der Waals surface area contributed by atoms with Crippen LogP contribution in [0.1, 0.15) is 12.0 Å². The Morgan fingerprint density at radius 1 is 1.11 bits per heavy atom. The normalized spacial score (nSPS) is 14.0. The van der Waals surface area contributed by atoms with Crippen LogP contribution < -0.4 is 15.5 Å². The molecule has 2 amide bonds. The summed E-state index contributed by atoms with van der Waals surface area (Å²) in [5, 5.41) is 5.85. The smallest absolute Gasteiger partial charge is 0.315 e. The van der Waals surface area contributed by atoms with Crippen LogP contribution in [0, 0.1) is 0 Å². The highest BCUT2D eigenvalue weighted by Gasteiger charge is 2.16. The van der Waals surface area contributed by atoms with Crippen LogP contribution in [0.25, 0.3) is 0 Å². The Kier molecular flexibility index (Phi) is 7.80. The molecule has 144 valence electrons. The number of thioether (sulfide) groups is 1. The molecule has 0 unspecified atom stereocenters. The highest BCUT2D eigenvalue weighted by molar-refractivity contribution is 7.99. The van der Waals surface area contributed by atoms with Crippen LogP contribution in [0.2, 0.25) is 0 Å². The van der Waals surface area contributed by atoms with Crippen LogP contribution in [-0.2, 0) is 11.3 Å². The summed E-state index contributed by atoms with van der Waals surface area (Å²) in [4.78, 5) is 20.0. The van der Waals surface area contributed by atoms with E-state index in [0.717, 1.165) is 36.6 Å². The minimum absolute atomic E-state index is 0.142. The monoisotopic (exact) mass is 386 g/mol. The molecule has 1 saturated heterocycles. The number of carbonyl (C=O) groups is 1. The molecule has 3 rings (SSSR count). The number of pyridine rings is 1. The first-order valence-corrected chi connectivity index (χ1v) is 10.3. The van der Waals surface area contributed by atoms with Crippen molar-refractivity contribution in [2.75, 3.05) is 43.5 Å². The third-order valence-electron chi connectivity index (χ3n) is 4.24. The fraction of sp³-hybridized carbons (Fsp3) is 0.400. The number of amides is 2. The van der Waals surface area contributed by atoms with Gasteiger partial charge in [0.05, 0.1) is 13.2 Å². The van der Waals surface area contributed by atoms with E-state index < -0.39 is 0 Å². The van der Waals surface area contributed by atoms with E-state index in [-0.39, 0.29) is 6.03 Å². The van der Waals surface area contributed by atoms with Gasteiger partial charge >= 0.3 is 6.03 Å². The Labute approximate surface area is 164 Å². The van der Waals surface area contributed by atoms with Crippen molar-refractivity contribution < 1.29 is 9.53 Å². The van der Waals surface area contributed by atoms with E-state index in [1.54, 1.807) is 18.0 Å². The molecule has 0 atom stereocenters. The maximum Gasteiger partial charge on any atom is 0.315 e. The summed E-state index contributed by atoms with van der Waals surface area (Å²) >= 11 is 1.80. The van der Waals surface area contributed by atoms with Gasteiger partial charge in [-0.1, -0.05) is 24.3 Å². The molecule has 0 saturated carbocycles. The largest absolute Gasteiger partial charge is 0.378 e. The van der Waals surface area contributed by atoms with Gasteiger partial charge in [-0.15, -0.1) is 11.8 Å². The first-order valence-electron chi connectivity index (χ1n) is 9.29. The van der Waals surface area contributed by atoms with E-state index in [1.807, 2.05) is 30.3 Å². The van der Waals surface area contributed by atoms with Crippen LogP contribution in [0.3, 0.4) is 0 Å². The second-order valence-electron chi connectivity index (χ2n) is 6.21. The number of benzene rings is 1. The van der Waals surface area contributed by atoms with Gasteiger partial charge in [-0.25, -0.2) is 9.78 Å². The summed E-state index contributed by atoms with van der Waals surface area (Å²) in [6, 6.07) is 14.1. The van der Waals surface area contributed by atoms with Gasteiger partial charge in [-0.05, 0) is 30.4 Å². The number of ether oxygens (including phenoxy) is 1. The molecule has 1 aliphatic rings. The molecule has 0 spiro atoms. The lowest BCUT2D eigenvalue weighted by atomic mass is 10.2. The molecule has 2 heterocycles. The summed E-state index contributed by atoms with van der Waals surface area (Å²) in [5.41, 5.74) is 1.02. The number of aromatic nitrogens is 1. The number of hydrogen-bond donors (Lipinski definition) is 2. The molecule has 6 nitrogen and oxygen atoms in total. The van der Waals surface area contributed by atoms with Crippen molar-refractivity contribution in [3.05, 3.63) is 54.2 Å². The van der Waals surface area contributed by atoms with Crippen LogP contribution in [0.15, 0.2) is 53.6 Å². The third kappa shape index (κ3) is 6.45. The standard InChI is InChI=1S/C20H26N4O2S/c25-20(22-10-5-15-27-18-7-2-1-3-8-18)23-16-17-6-4-9-21-19(17)24-11-13-26-14-12-24/h1-4,6-9H,5,10-16H2,(H2,22,23,25). The lowest BCUT2D eigenvalue weighted by molar-refractivity contribution is 0.122. The van der Waals surface area contributed by atoms with Crippen molar-refractivity contribution in [2.45, 2.75) is 17.9 Å². The zero-order valence-electron chi connectivity index (χ0n) is 15.4. The quantitative estimate of drug-likeness (QED) is 0.539. The molecule has 0 radical (unpaired) electrons. The lowest BCUT2D eigenvalue weighted by Crippen LogP contribution is -2.39. The Hall–Kier alpha value is -2.25. The van der Waals surface area contributed by atoms with Crippen molar-refractivity contribution in [3.8, 4) is 0 Å². The fourth-order valence-corrected chi connectivity index (χ4v) is 3.72. The first kappa shape index (κ1) is 19.5. The van der Waals surface area contributed by atoms with Gasteiger partial charge in [-0.2, -0.15) is 0 Å². The van der Waals surface area contributed by atoms with Crippen molar-refractivity contribution in [1.82, 2.24) is 15.6 Å². The molecule has 0 bridgehead atoms. The molecule has 1 aromatic carbocycles. The molecule has 2 aromatic rings. The number of hydrogen-bond acceptors (Lipinski definition) is 5. The van der Waals surface area contributed by atoms with Crippen molar-refractivity contribution in [1.29, 1.82) is 0 Å². The van der Waals surface area contributed by atoms with Gasteiger partial charge in [0.25, 0.3) is 0 Å². The lowest BCUT2D eigenvalue weighted by Gasteiger charge is -2.29. The molecule has 1 aliphatic heterocycles. The van der Waals surface area contributed by atoms with Gasteiger partial charge in [0, 0.05) is 42.8 Å². The topological polar surface area (TPSA) is 66.5 Å². The van der Waals surface area contributed by atoms with E-state index in [1.165, 1.54) is 4.90 Å². The van der Waals surface area contributed by atoms with Crippen molar-refractivity contribution in [3.63, 3.8) is 0 Å². The Morgan fingerprint density at radius 3 is 2.74 bits per heavy atom. The number of nitrogens with one attached hydrogen (secondary N) is 2. The molecular weight excluding hydrogens is 360 g/mol. The maximum absolute atomic E-state index is 12.1. The van der Waals surface area contributed by atoms with Gasteiger partial charge in [-0.3, -0.25) is 0 Å². The second kappa shape index (κ2) is 10.8. The van der Waals surface area contributed by atoms with Crippen LogP contribution in [-0.4, -0.2) is 49.6 Å². The second-order valence-corrected chi connectivity index (χ2v) is 7.38. The number of anilines is 1. The number of rotatable bonds is 8. The molecule has 2 N–H and O–H groups in total. The van der Waals surface area contributed by atoms with E-state index in [4.69, 9.17) is 4.74 Å². The average Bonchev–Trinajstić information content (AvgIpc) is 2.73. The van der Waals surface area contributed by atoms with E-state index in [0.29, 0.717) is 26.3 Å². The van der Waals surface area contributed by atoms with Crippen LogP contribution in [0.4, 0.5) is 10.6 Å². The highest BCUT2D eigenvalue weighted by Crippen LogP contribution is 2.18. The summed E-state index contributed by atoms with van der Waals surface area (Å²) in [5.74, 6) is 1.91. The van der Waals surface area contributed by atoms with Crippen LogP contribution >= 0.6 is 11.8 Å². The van der Waals surface area contributed by atoms with Crippen LogP contribution in [0.5, 0.6) is 0 Å². The zero-order chi connectivity index (χ0) is 18.7. The van der Waals surface area contributed by atoms with Gasteiger partial charge < -0.3 is 20.3 Å². The van der Waals surface area contributed by atoms with E-state index in [9.17, 15) is 4.79 Å².